The van der Waals surface area contributed by atoms with E-state index < -0.39 is 10.4 Å². The molecule has 0 saturated carbocycles. The second-order valence-electron chi connectivity index (χ2n) is 12.5. The average molecular weight is 652 g/mol. The van der Waals surface area contributed by atoms with E-state index in [4.69, 9.17) is 28.0 Å². The highest BCUT2D eigenvalue weighted by Crippen LogP contribution is 2.12. The van der Waals surface area contributed by atoms with E-state index in [0.29, 0.717) is 6.42 Å². The molecule has 0 fully saturated rings. The Labute approximate surface area is 275 Å². The minimum absolute atomic E-state index is 0.159. The Hall–Kier alpha value is -0.700. The van der Waals surface area contributed by atoms with Gasteiger partial charge in [-0.25, -0.2) is 0 Å². The van der Waals surface area contributed by atoms with Crippen LogP contribution in [0.25, 0.3) is 0 Å². The number of ether oxygens (including phenoxy) is 1. The molecule has 1 amide bonds. The molecule has 0 heterocycles. The summed E-state index contributed by atoms with van der Waals surface area (Å²) in [6.45, 7) is 8.81. The zero-order valence-corrected chi connectivity index (χ0v) is 30.5. The molecule has 0 aromatic carbocycles. The molecule has 0 unspecified atom stereocenters. The Bertz CT molecular complexity index is 600. The summed E-state index contributed by atoms with van der Waals surface area (Å²) >= 11 is 0. The molecule has 0 saturated heterocycles. The van der Waals surface area contributed by atoms with Crippen molar-refractivity contribution in [3.8, 4) is 0 Å². The van der Waals surface area contributed by atoms with Gasteiger partial charge in [-0.05, 0) is 19.3 Å². The Kier molecular flexibility index (Phi) is 45.9. The number of carbonyl (C=O) groups excluding carboxylic acids is 1. The number of amides is 1. The summed E-state index contributed by atoms with van der Waals surface area (Å²) in [5, 5.41) is 0. The molecule has 0 aromatic rings. The molecule has 0 aliphatic carbocycles. The molecule has 44 heavy (non-hydrogen) atoms. The topological polar surface area (TPSA) is 127 Å². The molecule has 7 nitrogen and oxygen atoms in total. The SMILES string of the molecule is CCCCCCCCCCCC(N)=O.CCCCCCCCCCCCOCCCCCCCCCCCC.O=S(=O)(O)O. The lowest BCUT2D eigenvalue weighted by atomic mass is 10.1. The smallest absolute Gasteiger partial charge is 0.381 e. The summed E-state index contributed by atoms with van der Waals surface area (Å²) in [5.74, 6) is -0.159. The Morgan fingerprint density at radius 3 is 0.886 bits per heavy atom. The molecule has 0 aromatic heterocycles. The van der Waals surface area contributed by atoms with E-state index in [-0.39, 0.29) is 5.91 Å². The minimum Gasteiger partial charge on any atom is -0.381 e. The van der Waals surface area contributed by atoms with Crippen molar-refractivity contribution in [2.24, 2.45) is 5.73 Å². The Morgan fingerprint density at radius 2 is 0.659 bits per heavy atom. The molecule has 268 valence electrons. The first kappa shape index (κ1) is 47.7. The number of carbonyl (C=O) groups is 1. The van der Waals surface area contributed by atoms with Gasteiger partial charge in [-0.1, -0.05) is 188 Å². The van der Waals surface area contributed by atoms with Crippen molar-refractivity contribution in [2.45, 2.75) is 213 Å². The van der Waals surface area contributed by atoms with Gasteiger partial charge >= 0.3 is 10.4 Å². The monoisotopic (exact) mass is 652 g/mol. The molecule has 0 radical (unpaired) electrons. The van der Waals surface area contributed by atoms with Gasteiger partial charge in [-0.15, -0.1) is 0 Å². The number of hydrogen-bond acceptors (Lipinski definition) is 4. The zero-order valence-electron chi connectivity index (χ0n) is 29.6. The number of primary amides is 1. The summed E-state index contributed by atoms with van der Waals surface area (Å²) in [4.78, 5) is 10.4. The molecule has 4 N–H and O–H groups in total. The van der Waals surface area contributed by atoms with Crippen molar-refractivity contribution in [1.29, 1.82) is 0 Å². The fraction of sp³-hybridized carbons (Fsp3) is 0.972. The van der Waals surface area contributed by atoms with Crippen LogP contribution in [0.1, 0.15) is 213 Å². The van der Waals surface area contributed by atoms with Gasteiger partial charge in [0.15, 0.2) is 0 Å². The predicted octanol–water partition coefficient (Wildman–Crippen LogP) is 11.6. The minimum atomic E-state index is -4.67. The second-order valence-corrected chi connectivity index (χ2v) is 13.4. The molecule has 0 rings (SSSR count). The molecule has 0 atom stereocenters. The molecule has 0 aliphatic heterocycles. The van der Waals surface area contributed by atoms with Crippen LogP contribution in [0.5, 0.6) is 0 Å². The summed E-state index contributed by atoms with van der Waals surface area (Å²) in [6.07, 6.45) is 40.3. The van der Waals surface area contributed by atoms with Crippen molar-refractivity contribution < 1.29 is 27.1 Å². The van der Waals surface area contributed by atoms with Crippen molar-refractivity contribution in [3.05, 3.63) is 0 Å². The van der Waals surface area contributed by atoms with Crippen LogP contribution in [-0.4, -0.2) is 36.6 Å². The number of nitrogens with two attached hydrogens (primary N) is 1. The van der Waals surface area contributed by atoms with Crippen LogP contribution < -0.4 is 5.73 Å². The highest BCUT2D eigenvalue weighted by atomic mass is 32.3. The van der Waals surface area contributed by atoms with Crippen LogP contribution in [0.4, 0.5) is 0 Å². The third kappa shape index (κ3) is 64.3. The van der Waals surface area contributed by atoms with Crippen LogP contribution in [0.3, 0.4) is 0 Å². The van der Waals surface area contributed by atoms with Gasteiger partial charge in [-0.3, -0.25) is 13.9 Å². The first-order valence-corrected chi connectivity index (χ1v) is 20.1. The first-order valence-electron chi connectivity index (χ1n) is 18.7. The van der Waals surface area contributed by atoms with Gasteiger partial charge < -0.3 is 10.5 Å². The largest absolute Gasteiger partial charge is 0.394 e. The summed E-state index contributed by atoms with van der Waals surface area (Å²) in [6, 6.07) is 0. The van der Waals surface area contributed by atoms with E-state index in [1.54, 1.807) is 0 Å². The van der Waals surface area contributed by atoms with Crippen molar-refractivity contribution >= 4 is 16.3 Å². The molecule has 0 aliphatic rings. The highest BCUT2D eigenvalue weighted by Gasteiger charge is 1.96. The predicted molar refractivity (Wildman–Crippen MR) is 190 cm³/mol. The van der Waals surface area contributed by atoms with Crippen LogP contribution >= 0.6 is 0 Å². The van der Waals surface area contributed by atoms with Crippen molar-refractivity contribution in [2.75, 3.05) is 13.2 Å². The molecule has 0 bridgehead atoms. The lowest BCUT2D eigenvalue weighted by Crippen LogP contribution is -2.09. The lowest BCUT2D eigenvalue weighted by molar-refractivity contribution is -0.118. The van der Waals surface area contributed by atoms with E-state index in [1.165, 1.54) is 173 Å². The quantitative estimate of drug-likeness (QED) is 0.0490. The molecule has 0 spiro atoms. The van der Waals surface area contributed by atoms with Crippen LogP contribution in [-0.2, 0) is 19.9 Å². The van der Waals surface area contributed by atoms with Crippen LogP contribution in [0.15, 0.2) is 0 Å². The normalized spacial score (nSPS) is 11.0. The van der Waals surface area contributed by atoms with Gasteiger partial charge in [-0.2, -0.15) is 8.42 Å². The van der Waals surface area contributed by atoms with Crippen LogP contribution in [0, 0.1) is 0 Å². The highest BCUT2D eigenvalue weighted by molar-refractivity contribution is 7.79. The fourth-order valence-electron chi connectivity index (χ4n) is 5.10. The van der Waals surface area contributed by atoms with E-state index in [1.807, 2.05) is 0 Å². The lowest BCUT2D eigenvalue weighted by Gasteiger charge is -2.05. The first-order chi connectivity index (χ1) is 21.2. The summed E-state index contributed by atoms with van der Waals surface area (Å²) in [7, 11) is -4.67. The maximum Gasteiger partial charge on any atom is 0.394 e. The van der Waals surface area contributed by atoms with E-state index in [9.17, 15) is 4.79 Å². The molecular formula is C36H77NO6S. The number of unbranched alkanes of at least 4 members (excludes halogenated alkanes) is 26. The van der Waals surface area contributed by atoms with Gasteiger partial charge in [0.2, 0.25) is 5.91 Å². The third-order valence-corrected chi connectivity index (χ3v) is 7.81. The summed E-state index contributed by atoms with van der Waals surface area (Å²) < 4.78 is 37.4. The second kappa shape index (κ2) is 42.3. The third-order valence-electron chi connectivity index (χ3n) is 7.81. The van der Waals surface area contributed by atoms with Gasteiger partial charge in [0.05, 0.1) is 0 Å². The molecule has 8 heteroatoms. The standard InChI is InChI=1S/C24H50O.C12H25NO.H2O4S/c1-3-5-7-9-11-13-15-17-19-21-23-25-24-22-20-18-16-14-12-10-8-6-4-2;1-2-3-4-5-6-7-8-9-10-11-12(13)14;1-5(2,3)4/h3-24H2,1-2H3;2-11H2,1H3,(H2,13,14);(H2,1,2,3,4). The maximum atomic E-state index is 10.4. The number of hydrogen-bond donors (Lipinski definition) is 3. The van der Waals surface area contributed by atoms with Gasteiger partial charge in [0.25, 0.3) is 0 Å². The van der Waals surface area contributed by atoms with Crippen molar-refractivity contribution in [1.82, 2.24) is 0 Å². The van der Waals surface area contributed by atoms with Gasteiger partial charge in [0.1, 0.15) is 0 Å². The molecular weight excluding hydrogens is 574 g/mol. The Balaban J connectivity index is -0.000000738. The van der Waals surface area contributed by atoms with E-state index >= 15 is 0 Å². The van der Waals surface area contributed by atoms with E-state index in [2.05, 4.69) is 20.8 Å². The van der Waals surface area contributed by atoms with E-state index in [0.717, 1.165) is 26.1 Å². The fourth-order valence-corrected chi connectivity index (χ4v) is 5.10. The zero-order chi connectivity index (χ0) is 33.4. The number of rotatable bonds is 32. The van der Waals surface area contributed by atoms with Crippen LogP contribution in [0.2, 0.25) is 0 Å². The van der Waals surface area contributed by atoms with Crippen molar-refractivity contribution in [3.63, 3.8) is 0 Å². The average Bonchev–Trinajstić information content (AvgIpc) is 2.96. The maximum absolute atomic E-state index is 10.4. The van der Waals surface area contributed by atoms with Gasteiger partial charge in [0, 0.05) is 19.6 Å². The Morgan fingerprint density at radius 1 is 0.455 bits per heavy atom. The summed E-state index contributed by atoms with van der Waals surface area (Å²) in [5.41, 5.74) is 5.05.